The molecule has 0 aliphatic carbocycles. The highest BCUT2D eigenvalue weighted by atomic mass is 16.3. The molecule has 0 heterocycles. The molecule has 0 fully saturated rings. The zero-order valence-electron chi connectivity index (χ0n) is 31.4. The van der Waals surface area contributed by atoms with Crippen molar-refractivity contribution < 1.29 is 5.11 Å². The van der Waals surface area contributed by atoms with E-state index in [1.165, 1.54) is 0 Å². The average Bonchev–Trinajstić information content (AvgIpc) is 3.20. The van der Waals surface area contributed by atoms with Crippen LogP contribution in [0.3, 0.4) is 0 Å². The number of benzene rings is 7. The van der Waals surface area contributed by atoms with Crippen molar-refractivity contribution in [3.05, 3.63) is 244 Å². The van der Waals surface area contributed by atoms with Gasteiger partial charge in [0.1, 0.15) is 5.75 Å². The number of phenols is 1. The summed E-state index contributed by atoms with van der Waals surface area (Å²) < 4.78 is 0. The van der Waals surface area contributed by atoms with Gasteiger partial charge < -0.3 is 22.3 Å². The first-order valence-electron chi connectivity index (χ1n) is 19.2. The summed E-state index contributed by atoms with van der Waals surface area (Å²) in [5.74, 6) is 0.120. The highest BCUT2D eigenvalue weighted by molar-refractivity contribution is 5.55. The Bertz CT molecular complexity index is 2010. The van der Waals surface area contributed by atoms with Crippen LogP contribution in [-0.2, 0) is 55.1 Å². The molecule has 4 nitrogen and oxygen atoms in total. The van der Waals surface area contributed by atoms with Crippen molar-refractivity contribution in [3.8, 4) is 5.75 Å². The highest BCUT2D eigenvalue weighted by Gasteiger charge is 2.40. The molecule has 0 aliphatic heterocycles. The lowest BCUT2D eigenvalue weighted by Gasteiger charge is -2.39. The summed E-state index contributed by atoms with van der Waals surface area (Å²) in [5, 5.41) is 12.9. The first-order valence-corrected chi connectivity index (χ1v) is 19.2. The third-order valence-corrected chi connectivity index (χ3v) is 10.9. The number of rotatable bonds is 15. The van der Waals surface area contributed by atoms with Gasteiger partial charge in [-0.2, -0.15) is 0 Å². The van der Waals surface area contributed by atoms with Crippen LogP contribution in [0.15, 0.2) is 194 Å². The highest BCUT2D eigenvalue weighted by Crippen LogP contribution is 2.44. The number of phenolic OH excluding ortho intramolecular Hbond substituents is 1. The molecule has 0 aromatic heterocycles. The van der Waals surface area contributed by atoms with Gasteiger partial charge in [0.25, 0.3) is 0 Å². The summed E-state index contributed by atoms with van der Waals surface area (Å²) >= 11 is 0. The van der Waals surface area contributed by atoms with Crippen LogP contribution in [0.2, 0.25) is 0 Å². The Balaban J connectivity index is 1.50. The third-order valence-electron chi connectivity index (χ3n) is 10.9. The molecule has 7 N–H and O–H groups in total. The van der Waals surface area contributed by atoms with Crippen molar-refractivity contribution in [3.63, 3.8) is 0 Å². The maximum Gasteiger partial charge on any atom is 0.125 e. The Morgan fingerprint density at radius 3 is 0.727 bits per heavy atom. The van der Waals surface area contributed by atoms with E-state index in [0.29, 0.717) is 49.7 Å². The van der Waals surface area contributed by atoms with Crippen LogP contribution in [0.4, 0.5) is 0 Å². The number of hydrogen-bond acceptors (Lipinski definition) is 4. The van der Waals surface area contributed by atoms with Crippen molar-refractivity contribution in [1.29, 1.82) is 0 Å². The molecular weight excluding hydrogens is 671 g/mol. The number of aromatic hydroxyl groups is 1. The molecule has 0 atom stereocenters. The van der Waals surface area contributed by atoms with E-state index in [0.717, 1.165) is 38.9 Å². The van der Waals surface area contributed by atoms with Crippen LogP contribution in [-0.4, -0.2) is 5.11 Å². The van der Waals surface area contributed by atoms with Crippen LogP contribution in [0.5, 0.6) is 5.75 Å². The third kappa shape index (κ3) is 9.13. The van der Waals surface area contributed by atoms with Gasteiger partial charge in [0.2, 0.25) is 0 Å². The Labute approximate surface area is 326 Å². The molecule has 7 rings (SSSR count). The Kier molecular flexibility index (Phi) is 11.4. The summed E-state index contributed by atoms with van der Waals surface area (Å²) in [6.45, 7) is 0. The monoisotopic (exact) mass is 721 g/mol. The summed E-state index contributed by atoms with van der Waals surface area (Å²) in [4.78, 5) is 0. The van der Waals surface area contributed by atoms with E-state index in [2.05, 4.69) is 109 Å². The van der Waals surface area contributed by atoms with Gasteiger partial charge in [0, 0.05) is 16.7 Å². The molecule has 4 heteroatoms. The average molecular weight is 722 g/mol. The van der Waals surface area contributed by atoms with Gasteiger partial charge in [-0.15, -0.1) is 0 Å². The van der Waals surface area contributed by atoms with Crippen LogP contribution < -0.4 is 17.2 Å². The molecule has 0 bridgehead atoms. The minimum absolute atomic E-state index is 0.120. The zero-order valence-corrected chi connectivity index (χ0v) is 31.4. The lowest BCUT2D eigenvalue weighted by atomic mass is 9.71. The summed E-state index contributed by atoms with van der Waals surface area (Å²) in [7, 11) is 0. The van der Waals surface area contributed by atoms with Crippen LogP contribution in [0.25, 0.3) is 0 Å². The van der Waals surface area contributed by atoms with E-state index >= 15 is 0 Å². The van der Waals surface area contributed by atoms with E-state index in [1.807, 2.05) is 84.9 Å². The zero-order chi connectivity index (χ0) is 38.1. The second-order valence-electron chi connectivity index (χ2n) is 15.4. The molecule has 7 aromatic carbocycles. The molecule has 7 aromatic rings. The van der Waals surface area contributed by atoms with Gasteiger partial charge in [-0.1, -0.05) is 182 Å². The molecule has 0 unspecified atom stereocenters. The predicted molar refractivity (Wildman–Crippen MR) is 227 cm³/mol. The summed E-state index contributed by atoms with van der Waals surface area (Å²) in [5.41, 5.74) is 29.1. The number of hydrogen-bond donors (Lipinski definition) is 4. The molecule has 0 radical (unpaired) electrons. The largest absolute Gasteiger partial charge is 0.507 e. The Morgan fingerprint density at radius 1 is 0.309 bits per heavy atom. The van der Waals surface area contributed by atoms with Crippen LogP contribution in [0.1, 0.15) is 50.1 Å². The van der Waals surface area contributed by atoms with Crippen molar-refractivity contribution in [2.45, 2.75) is 55.1 Å². The van der Waals surface area contributed by atoms with E-state index in [-0.39, 0.29) is 5.75 Å². The SMILES string of the molecule is NC(Cc1ccccc1)(Cc1ccccc1)c1cc(C(N)(Cc2ccccc2)Cc2ccccc2)c(O)c(C(N)(Cc2ccccc2)Cc2ccccc2)c1. The van der Waals surface area contributed by atoms with Gasteiger partial charge in [-0.3, -0.25) is 0 Å². The first kappa shape index (κ1) is 37.5. The fourth-order valence-electron chi connectivity index (χ4n) is 8.21. The molecule has 0 amide bonds. The lowest BCUT2D eigenvalue weighted by Crippen LogP contribution is -2.46. The van der Waals surface area contributed by atoms with Crippen molar-refractivity contribution in [2.75, 3.05) is 0 Å². The molecule has 0 aliphatic rings. The maximum absolute atomic E-state index is 12.9. The second kappa shape index (κ2) is 16.7. The molecule has 276 valence electrons. The molecule has 55 heavy (non-hydrogen) atoms. The van der Waals surface area contributed by atoms with Crippen LogP contribution >= 0.6 is 0 Å². The number of nitrogens with two attached hydrogens (primary N) is 3. The van der Waals surface area contributed by atoms with Gasteiger partial charge >= 0.3 is 0 Å². The predicted octanol–water partition coefficient (Wildman–Crippen LogP) is 9.31. The fraction of sp³-hybridized carbons (Fsp3) is 0.176. The van der Waals surface area contributed by atoms with Gasteiger partial charge in [0.05, 0.1) is 11.1 Å². The Hall–Kier alpha value is -5.78. The van der Waals surface area contributed by atoms with Crippen molar-refractivity contribution >= 4 is 0 Å². The molecule has 0 saturated heterocycles. The van der Waals surface area contributed by atoms with Gasteiger partial charge in [0.15, 0.2) is 0 Å². The quantitative estimate of drug-likeness (QED) is 0.0849. The maximum atomic E-state index is 12.9. The summed E-state index contributed by atoms with van der Waals surface area (Å²) in [6, 6.07) is 66.1. The lowest BCUT2D eigenvalue weighted by molar-refractivity contribution is 0.361. The molecule has 0 saturated carbocycles. The molecular formula is C51H51N3O. The van der Waals surface area contributed by atoms with Crippen molar-refractivity contribution in [1.82, 2.24) is 0 Å². The second-order valence-corrected chi connectivity index (χ2v) is 15.4. The van der Waals surface area contributed by atoms with E-state index in [9.17, 15) is 5.11 Å². The van der Waals surface area contributed by atoms with E-state index in [1.54, 1.807) is 0 Å². The minimum atomic E-state index is -1.03. The smallest absolute Gasteiger partial charge is 0.125 e. The topological polar surface area (TPSA) is 98.3 Å². The van der Waals surface area contributed by atoms with Gasteiger partial charge in [-0.25, -0.2) is 0 Å². The van der Waals surface area contributed by atoms with Gasteiger partial charge in [-0.05, 0) is 89.6 Å². The Morgan fingerprint density at radius 2 is 0.509 bits per heavy atom. The van der Waals surface area contributed by atoms with Crippen LogP contribution in [0, 0.1) is 0 Å². The fourth-order valence-corrected chi connectivity index (χ4v) is 8.21. The minimum Gasteiger partial charge on any atom is -0.507 e. The van der Waals surface area contributed by atoms with E-state index < -0.39 is 16.6 Å². The summed E-state index contributed by atoms with van der Waals surface area (Å²) in [6.07, 6.45) is 3.09. The first-order chi connectivity index (χ1) is 26.7. The molecule has 0 spiro atoms. The standard InChI is InChI=1S/C51H51N3O/c52-49(33-39-19-7-1-8-20-39,34-40-21-9-2-10-22-40)45-31-46(50(53,35-41-23-11-3-12-24-41)36-42-25-13-4-14-26-42)48(55)47(32-45)51(54,37-43-27-15-5-16-28-43)38-44-29-17-6-18-30-44/h1-32,55H,33-38,52-54H2. The van der Waals surface area contributed by atoms with Crippen molar-refractivity contribution in [2.24, 2.45) is 17.2 Å². The normalized spacial score (nSPS) is 12.1. The van der Waals surface area contributed by atoms with E-state index in [4.69, 9.17) is 17.2 Å².